The molecule has 1 spiro atoms. The first-order chi connectivity index (χ1) is 16.1. The molecule has 12 unspecified atom stereocenters. The molecular formula is C21H34O13. The molecule has 12 atom stereocenters. The summed E-state index contributed by atoms with van der Waals surface area (Å²) in [5, 5.41) is 80.7. The third-order valence-electron chi connectivity index (χ3n) is 7.87. The smallest absolute Gasteiger partial charge is 0.306 e. The largest absolute Gasteiger partial charge is 0.481 e. The molecule has 0 aromatic carbocycles. The Morgan fingerprint density at radius 1 is 1.06 bits per heavy atom. The number of fused-ring (bicyclic) bond motifs is 1. The van der Waals surface area contributed by atoms with Crippen LogP contribution in [0.5, 0.6) is 0 Å². The number of carboxylic acids is 1. The van der Waals surface area contributed by atoms with E-state index in [2.05, 4.69) is 0 Å². The minimum absolute atomic E-state index is 0.150. The Morgan fingerprint density at radius 3 is 2.41 bits per heavy atom. The van der Waals surface area contributed by atoms with Crippen LogP contribution in [-0.2, 0) is 23.7 Å². The second-order valence-electron chi connectivity index (χ2n) is 9.82. The monoisotopic (exact) mass is 494 g/mol. The van der Waals surface area contributed by atoms with Gasteiger partial charge in [0.1, 0.15) is 30.0 Å². The molecule has 0 bridgehead atoms. The first kappa shape index (κ1) is 26.1. The quantitative estimate of drug-likeness (QED) is 0.180. The number of carbonyl (C=O) groups is 1. The Kier molecular flexibility index (Phi) is 7.54. The molecule has 0 radical (unpaired) electrons. The van der Waals surface area contributed by atoms with Gasteiger partial charge in [-0.25, -0.2) is 0 Å². The predicted octanol–water partition coefficient (Wildman–Crippen LogP) is -3.48. The van der Waals surface area contributed by atoms with E-state index in [-0.39, 0.29) is 26.1 Å². The molecule has 4 rings (SSSR count). The molecule has 196 valence electrons. The molecule has 8 N–H and O–H groups in total. The van der Waals surface area contributed by atoms with Crippen LogP contribution in [0.2, 0.25) is 0 Å². The SMILES string of the molecule is O=C(O)C1CCC2C(C1)OC1(CC(O)C(COC3OC(CO)C(O)C(O)C3O)CO1)C2(O)CO. The summed E-state index contributed by atoms with van der Waals surface area (Å²) >= 11 is 0. The van der Waals surface area contributed by atoms with Gasteiger partial charge in [-0.15, -0.1) is 0 Å². The third kappa shape index (κ3) is 4.26. The molecule has 3 aliphatic heterocycles. The Bertz CT molecular complexity index is 735. The maximum absolute atomic E-state index is 11.4. The zero-order valence-corrected chi connectivity index (χ0v) is 18.5. The van der Waals surface area contributed by atoms with E-state index in [0.717, 1.165) is 0 Å². The van der Waals surface area contributed by atoms with Crippen molar-refractivity contribution in [1.82, 2.24) is 0 Å². The highest BCUT2D eigenvalue weighted by Crippen LogP contribution is 2.54. The van der Waals surface area contributed by atoms with Crippen molar-refractivity contribution in [2.75, 3.05) is 26.4 Å². The lowest BCUT2D eigenvalue weighted by molar-refractivity contribution is -0.342. The van der Waals surface area contributed by atoms with Crippen molar-refractivity contribution < 1.29 is 64.6 Å². The predicted molar refractivity (Wildman–Crippen MR) is 108 cm³/mol. The number of aliphatic carboxylic acids is 1. The molecule has 13 heteroatoms. The van der Waals surface area contributed by atoms with E-state index in [1.807, 2.05) is 0 Å². The van der Waals surface area contributed by atoms with Crippen LogP contribution in [-0.4, -0.2) is 128 Å². The summed E-state index contributed by atoms with van der Waals surface area (Å²) in [5.41, 5.74) is -1.83. The van der Waals surface area contributed by atoms with E-state index >= 15 is 0 Å². The van der Waals surface area contributed by atoms with Gasteiger partial charge in [0.25, 0.3) is 0 Å². The highest BCUT2D eigenvalue weighted by molar-refractivity contribution is 5.70. The van der Waals surface area contributed by atoms with E-state index in [1.165, 1.54) is 0 Å². The fourth-order valence-corrected chi connectivity index (χ4v) is 5.72. The average Bonchev–Trinajstić information content (AvgIpc) is 3.05. The van der Waals surface area contributed by atoms with Crippen molar-refractivity contribution >= 4 is 5.97 Å². The topological polar surface area (TPSA) is 216 Å². The number of ether oxygens (including phenoxy) is 4. The Morgan fingerprint density at radius 2 is 1.79 bits per heavy atom. The standard InChI is InChI=1S/C21H34O13/c22-5-14-15(25)16(26)17(27)19(33-14)31-6-10-7-32-21(4-12(10)24)20(30,8-23)11-2-1-9(18(28)29)3-13(11)34-21/h9-17,19,22-27,30H,1-8H2,(H,28,29). The van der Waals surface area contributed by atoms with Gasteiger partial charge in [0.2, 0.25) is 5.79 Å². The van der Waals surface area contributed by atoms with E-state index in [4.69, 9.17) is 18.9 Å². The normalized spacial score (nSPS) is 51.4. The van der Waals surface area contributed by atoms with Crippen LogP contribution < -0.4 is 0 Å². The summed E-state index contributed by atoms with van der Waals surface area (Å²) in [7, 11) is 0. The van der Waals surface area contributed by atoms with Crippen LogP contribution in [0, 0.1) is 17.8 Å². The van der Waals surface area contributed by atoms with Crippen LogP contribution in [0.4, 0.5) is 0 Å². The molecule has 3 heterocycles. The molecule has 1 saturated carbocycles. The maximum Gasteiger partial charge on any atom is 0.306 e. The molecule has 3 saturated heterocycles. The lowest BCUT2D eigenvalue weighted by Gasteiger charge is -2.47. The minimum Gasteiger partial charge on any atom is -0.481 e. The summed E-state index contributed by atoms with van der Waals surface area (Å²) < 4.78 is 22.7. The van der Waals surface area contributed by atoms with Crippen LogP contribution in [0.25, 0.3) is 0 Å². The van der Waals surface area contributed by atoms with Gasteiger partial charge in [-0.3, -0.25) is 4.79 Å². The molecule has 1 aliphatic carbocycles. The molecule has 0 amide bonds. The lowest BCUT2D eigenvalue weighted by atomic mass is 9.70. The summed E-state index contributed by atoms with van der Waals surface area (Å²) in [6.45, 7) is -1.64. The number of rotatable bonds is 6. The van der Waals surface area contributed by atoms with Crippen LogP contribution in [0.1, 0.15) is 25.7 Å². The van der Waals surface area contributed by atoms with Gasteiger partial charge >= 0.3 is 5.97 Å². The highest BCUT2D eigenvalue weighted by atomic mass is 16.7. The van der Waals surface area contributed by atoms with Crippen molar-refractivity contribution in [3.05, 3.63) is 0 Å². The molecule has 13 nitrogen and oxygen atoms in total. The number of hydrogen-bond donors (Lipinski definition) is 8. The van der Waals surface area contributed by atoms with Gasteiger partial charge < -0.3 is 59.8 Å². The van der Waals surface area contributed by atoms with Gasteiger partial charge in [0, 0.05) is 18.3 Å². The van der Waals surface area contributed by atoms with E-state index in [1.54, 1.807) is 0 Å². The molecule has 34 heavy (non-hydrogen) atoms. The van der Waals surface area contributed by atoms with Gasteiger partial charge in [-0.1, -0.05) is 0 Å². The highest BCUT2D eigenvalue weighted by Gasteiger charge is 2.68. The van der Waals surface area contributed by atoms with Crippen molar-refractivity contribution in [2.45, 2.75) is 80.0 Å². The maximum atomic E-state index is 11.4. The van der Waals surface area contributed by atoms with Crippen LogP contribution >= 0.6 is 0 Å². The van der Waals surface area contributed by atoms with Crippen molar-refractivity contribution in [1.29, 1.82) is 0 Å². The molecule has 4 aliphatic rings. The average molecular weight is 494 g/mol. The fourth-order valence-electron chi connectivity index (χ4n) is 5.72. The molecule has 0 aromatic heterocycles. The van der Waals surface area contributed by atoms with Crippen molar-refractivity contribution in [2.24, 2.45) is 17.8 Å². The van der Waals surface area contributed by atoms with Crippen molar-refractivity contribution in [3.8, 4) is 0 Å². The Balaban J connectivity index is 1.40. The van der Waals surface area contributed by atoms with Crippen LogP contribution in [0.15, 0.2) is 0 Å². The second kappa shape index (κ2) is 9.82. The zero-order valence-electron chi connectivity index (χ0n) is 18.5. The second-order valence-corrected chi connectivity index (χ2v) is 9.82. The Labute approximate surface area is 195 Å². The van der Waals surface area contributed by atoms with Crippen molar-refractivity contribution in [3.63, 3.8) is 0 Å². The third-order valence-corrected chi connectivity index (χ3v) is 7.87. The first-order valence-electron chi connectivity index (χ1n) is 11.5. The molecular weight excluding hydrogens is 460 g/mol. The summed E-state index contributed by atoms with van der Waals surface area (Å²) in [5.74, 6) is -4.51. The number of aliphatic hydroxyl groups excluding tert-OH is 6. The Hall–Kier alpha value is -0.970. The first-order valence-corrected chi connectivity index (χ1v) is 11.5. The van der Waals surface area contributed by atoms with E-state index < -0.39 is 91.2 Å². The molecule has 4 fully saturated rings. The van der Waals surface area contributed by atoms with E-state index in [9.17, 15) is 45.6 Å². The van der Waals surface area contributed by atoms with Gasteiger partial charge in [0.15, 0.2) is 6.29 Å². The number of carboxylic acid groups (broad SMARTS) is 1. The van der Waals surface area contributed by atoms with Gasteiger partial charge in [0.05, 0.1) is 44.6 Å². The van der Waals surface area contributed by atoms with E-state index in [0.29, 0.717) is 12.8 Å². The van der Waals surface area contributed by atoms with Gasteiger partial charge in [-0.2, -0.15) is 0 Å². The number of hydrogen-bond acceptors (Lipinski definition) is 12. The summed E-state index contributed by atoms with van der Waals surface area (Å²) in [6.07, 6.45) is -8.39. The number of aliphatic hydroxyl groups is 7. The van der Waals surface area contributed by atoms with Crippen LogP contribution in [0.3, 0.4) is 0 Å². The zero-order chi connectivity index (χ0) is 24.8. The van der Waals surface area contributed by atoms with Gasteiger partial charge in [-0.05, 0) is 19.3 Å². The summed E-state index contributed by atoms with van der Waals surface area (Å²) in [6, 6.07) is 0. The fraction of sp³-hybridized carbons (Fsp3) is 0.952. The lowest BCUT2D eigenvalue weighted by Crippen LogP contribution is -2.63. The minimum atomic E-state index is -1.83. The molecule has 0 aromatic rings. The summed E-state index contributed by atoms with van der Waals surface area (Å²) in [4.78, 5) is 11.4.